The van der Waals surface area contributed by atoms with Crippen LogP contribution in [0.1, 0.15) is 54.4 Å². The number of amides is 2. The second-order valence-corrected chi connectivity index (χ2v) is 8.00. The first kappa shape index (κ1) is 18.7. The number of fused-ring (bicyclic) bond motifs is 2. The second-order valence-electron chi connectivity index (χ2n) is 8.00. The molecular formula is C22H27N3O3. The number of oxazole rings is 1. The van der Waals surface area contributed by atoms with Crippen LogP contribution in [-0.4, -0.2) is 40.3 Å². The summed E-state index contributed by atoms with van der Waals surface area (Å²) in [4.78, 5) is 32.6. The van der Waals surface area contributed by atoms with Crippen LogP contribution in [0, 0.1) is 12.3 Å². The van der Waals surface area contributed by atoms with E-state index >= 15 is 0 Å². The summed E-state index contributed by atoms with van der Waals surface area (Å²) in [6.07, 6.45) is 5.33. The molecule has 3 atom stereocenters. The minimum absolute atomic E-state index is 0.0695. The summed E-state index contributed by atoms with van der Waals surface area (Å²) >= 11 is 0. The van der Waals surface area contributed by atoms with Gasteiger partial charge in [0.2, 0.25) is 5.91 Å². The molecule has 0 spiro atoms. The molecule has 0 radical (unpaired) electrons. The van der Waals surface area contributed by atoms with Gasteiger partial charge in [0, 0.05) is 18.6 Å². The number of aromatic nitrogens is 1. The normalized spacial score (nSPS) is 25.9. The molecule has 0 unspecified atom stereocenters. The van der Waals surface area contributed by atoms with Crippen molar-refractivity contribution in [1.82, 2.24) is 15.2 Å². The zero-order valence-electron chi connectivity index (χ0n) is 16.5. The van der Waals surface area contributed by atoms with Crippen LogP contribution >= 0.6 is 0 Å². The Morgan fingerprint density at radius 1 is 1.29 bits per heavy atom. The Morgan fingerprint density at radius 2 is 2.07 bits per heavy atom. The van der Waals surface area contributed by atoms with Crippen molar-refractivity contribution in [2.45, 2.75) is 58.0 Å². The smallest absolute Gasteiger partial charge is 0.276 e. The lowest BCUT2D eigenvalue weighted by Crippen LogP contribution is -2.51. The molecule has 0 aliphatic carbocycles. The van der Waals surface area contributed by atoms with Crippen molar-refractivity contribution in [3.8, 4) is 0 Å². The van der Waals surface area contributed by atoms with Gasteiger partial charge in [-0.2, -0.15) is 0 Å². The molecule has 1 aromatic heterocycles. The zero-order valence-corrected chi connectivity index (χ0v) is 16.5. The maximum absolute atomic E-state index is 13.4. The van der Waals surface area contributed by atoms with Crippen molar-refractivity contribution in [3.63, 3.8) is 0 Å². The first-order chi connectivity index (χ1) is 13.6. The Hall–Kier alpha value is -2.63. The average molecular weight is 381 g/mol. The fourth-order valence-corrected chi connectivity index (χ4v) is 5.01. The lowest BCUT2D eigenvalue weighted by Gasteiger charge is -2.36. The first-order valence-corrected chi connectivity index (χ1v) is 10.1. The van der Waals surface area contributed by atoms with Crippen LogP contribution in [0.15, 0.2) is 41.1 Å². The third-order valence-corrected chi connectivity index (χ3v) is 6.27. The lowest BCUT2D eigenvalue weighted by molar-refractivity contribution is -0.132. The number of hydrogen-bond donors (Lipinski definition) is 1. The molecule has 6 nitrogen and oxygen atoms in total. The number of nitrogens with one attached hydrogen (secondary N) is 1. The Morgan fingerprint density at radius 3 is 2.75 bits per heavy atom. The molecule has 28 heavy (non-hydrogen) atoms. The molecule has 2 bridgehead atoms. The highest BCUT2D eigenvalue weighted by Crippen LogP contribution is 2.52. The highest BCUT2D eigenvalue weighted by molar-refractivity contribution is 5.95. The molecular weight excluding hydrogens is 354 g/mol. The van der Waals surface area contributed by atoms with Crippen LogP contribution in [0.3, 0.4) is 0 Å². The zero-order chi connectivity index (χ0) is 19.7. The van der Waals surface area contributed by atoms with Crippen LogP contribution in [0.4, 0.5) is 0 Å². The number of benzene rings is 1. The number of rotatable bonds is 6. The molecule has 1 N–H and O–H groups in total. The molecule has 2 amide bonds. The van der Waals surface area contributed by atoms with Gasteiger partial charge in [-0.1, -0.05) is 37.3 Å². The Kier molecular flexibility index (Phi) is 4.96. The maximum Gasteiger partial charge on any atom is 0.276 e. The van der Waals surface area contributed by atoms with E-state index in [0.717, 1.165) is 24.8 Å². The van der Waals surface area contributed by atoms with Crippen LogP contribution in [0.5, 0.6) is 0 Å². The van der Waals surface area contributed by atoms with Crippen molar-refractivity contribution in [1.29, 1.82) is 0 Å². The quantitative estimate of drug-likeness (QED) is 0.834. The van der Waals surface area contributed by atoms with E-state index in [4.69, 9.17) is 4.42 Å². The summed E-state index contributed by atoms with van der Waals surface area (Å²) in [5.74, 6) is 0.484. The topological polar surface area (TPSA) is 75.4 Å². The van der Waals surface area contributed by atoms with Crippen LogP contribution in [0.2, 0.25) is 0 Å². The highest BCUT2D eigenvalue weighted by Gasteiger charge is 2.61. The summed E-state index contributed by atoms with van der Waals surface area (Å²) < 4.78 is 5.25. The average Bonchev–Trinajstić information content (AvgIpc) is 3.40. The van der Waals surface area contributed by atoms with E-state index in [1.165, 1.54) is 6.39 Å². The predicted molar refractivity (Wildman–Crippen MR) is 105 cm³/mol. The van der Waals surface area contributed by atoms with Gasteiger partial charge in [0.15, 0.2) is 12.1 Å². The third-order valence-electron chi connectivity index (χ3n) is 6.27. The van der Waals surface area contributed by atoms with E-state index in [2.05, 4.69) is 22.4 Å². The molecule has 2 aromatic rings. The third kappa shape index (κ3) is 3.01. The van der Waals surface area contributed by atoms with Gasteiger partial charge in [0.25, 0.3) is 5.91 Å². The standard InChI is InChI=1S/C22H27N3O3/c1-3-11-23-21(27)22(12-16-7-5-4-6-8-16)13-17-9-10-18(22)25(17)20(26)19-15(2)28-14-24-19/h4-8,14,17-18H,3,9-13H2,1-2H3,(H,23,27)/t17-,18+,22+/m0/s1. The second kappa shape index (κ2) is 7.41. The number of carbonyl (C=O) groups excluding carboxylic acids is 2. The number of carbonyl (C=O) groups is 2. The molecule has 2 aliphatic heterocycles. The first-order valence-electron chi connectivity index (χ1n) is 10.1. The summed E-state index contributed by atoms with van der Waals surface area (Å²) in [6, 6.07) is 10.1. The fourth-order valence-electron chi connectivity index (χ4n) is 5.01. The molecule has 3 heterocycles. The monoisotopic (exact) mass is 381 g/mol. The van der Waals surface area contributed by atoms with E-state index < -0.39 is 5.41 Å². The van der Waals surface area contributed by atoms with E-state index in [1.807, 2.05) is 30.0 Å². The van der Waals surface area contributed by atoms with Gasteiger partial charge >= 0.3 is 0 Å². The van der Waals surface area contributed by atoms with Crippen LogP contribution in [0.25, 0.3) is 0 Å². The Balaban J connectivity index is 1.68. The highest BCUT2D eigenvalue weighted by atomic mass is 16.3. The van der Waals surface area contributed by atoms with E-state index in [9.17, 15) is 9.59 Å². The van der Waals surface area contributed by atoms with Gasteiger partial charge in [-0.05, 0) is 44.6 Å². The van der Waals surface area contributed by atoms with Gasteiger partial charge in [-0.25, -0.2) is 4.98 Å². The molecule has 0 saturated carbocycles. The molecule has 2 aliphatic rings. The maximum atomic E-state index is 13.4. The minimum atomic E-state index is -0.591. The Bertz CT molecular complexity index is 863. The minimum Gasteiger partial charge on any atom is -0.448 e. The summed E-state index contributed by atoms with van der Waals surface area (Å²) in [5, 5.41) is 3.11. The molecule has 4 rings (SSSR count). The summed E-state index contributed by atoms with van der Waals surface area (Å²) in [7, 11) is 0. The fraction of sp³-hybridized carbons (Fsp3) is 0.500. The SMILES string of the molecule is CCCNC(=O)[C@]1(Cc2ccccc2)C[C@@H]2CC[C@H]1N2C(=O)c1ncoc1C. The molecule has 2 fully saturated rings. The van der Waals surface area contributed by atoms with Gasteiger partial charge < -0.3 is 14.6 Å². The van der Waals surface area contributed by atoms with E-state index in [1.54, 1.807) is 6.92 Å². The lowest BCUT2D eigenvalue weighted by atomic mass is 9.69. The van der Waals surface area contributed by atoms with Gasteiger partial charge in [-0.3, -0.25) is 9.59 Å². The number of aryl methyl sites for hydroxylation is 1. The van der Waals surface area contributed by atoms with E-state index in [-0.39, 0.29) is 23.9 Å². The molecule has 6 heteroatoms. The molecule has 148 valence electrons. The summed E-state index contributed by atoms with van der Waals surface area (Å²) in [6.45, 7) is 4.46. The van der Waals surface area contributed by atoms with Gasteiger partial charge in [0.05, 0.1) is 5.41 Å². The Labute approximate surface area is 165 Å². The summed E-state index contributed by atoms with van der Waals surface area (Å²) in [5.41, 5.74) is 0.903. The van der Waals surface area contributed by atoms with Crippen molar-refractivity contribution >= 4 is 11.8 Å². The molecule has 2 saturated heterocycles. The van der Waals surface area contributed by atoms with Crippen molar-refractivity contribution < 1.29 is 14.0 Å². The van der Waals surface area contributed by atoms with Gasteiger partial charge in [0.1, 0.15) is 5.76 Å². The van der Waals surface area contributed by atoms with Crippen LogP contribution < -0.4 is 5.32 Å². The molecule has 1 aromatic carbocycles. The van der Waals surface area contributed by atoms with Crippen molar-refractivity contribution in [2.24, 2.45) is 5.41 Å². The van der Waals surface area contributed by atoms with Gasteiger partial charge in [-0.15, -0.1) is 0 Å². The van der Waals surface area contributed by atoms with Crippen molar-refractivity contribution in [3.05, 3.63) is 53.7 Å². The number of nitrogens with zero attached hydrogens (tertiary/aromatic N) is 2. The van der Waals surface area contributed by atoms with Crippen LogP contribution in [-0.2, 0) is 11.2 Å². The van der Waals surface area contributed by atoms with Crippen molar-refractivity contribution in [2.75, 3.05) is 6.54 Å². The largest absolute Gasteiger partial charge is 0.448 e. The number of hydrogen-bond acceptors (Lipinski definition) is 4. The predicted octanol–water partition coefficient (Wildman–Crippen LogP) is 3.12. The van der Waals surface area contributed by atoms with E-state index in [0.29, 0.717) is 30.8 Å².